The highest BCUT2D eigenvalue weighted by molar-refractivity contribution is 6.30. The Kier molecular flexibility index (Phi) is 4.02. The van der Waals surface area contributed by atoms with Crippen LogP contribution in [0.4, 0.5) is 19.0 Å². The van der Waals surface area contributed by atoms with E-state index in [2.05, 4.69) is 20.3 Å². The Balaban J connectivity index is 1.97. The molecule has 0 unspecified atom stereocenters. The summed E-state index contributed by atoms with van der Waals surface area (Å²) in [6.07, 6.45) is -5.47. The molecule has 0 fully saturated rings. The molecule has 1 amide bonds. The zero-order chi connectivity index (χ0) is 26.6. The number of aromatic nitrogens is 2. The predicted octanol–water partition coefficient (Wildman–Crippen LogP) is 3.61. The zero-order valence-electron chi connectivity index (χ0n) is 20.7. The number of amidine groups is 1. The summed E-state index contributed by atoms with van der Waals surface area (Å²) >= 11 is 5.77. The number of nitrogens with one attached hydrogen (secondary N) is 1. The Morgan fingerprint density at radius 3 is 2.80 bits per heavy atom. The molecule has 0 aliphatic carbocycles. The minimum absolute atomic E-state index is 0.102. The molecule has 0 radical (unpaired) electrons. The number of nitrogens with two attached hydrogens (primary N) is 1. The lowest BCUT2D eigenvalue weighted by Gasteiger charge is -2.40. The molecule has 1 aliphatic heterocycles. The van der Waals surface area contributed by atoms with Crippen molar-refractivity contribution >= 4 is 29.2 Å². The summed E-state index contributed by atoms with van der Waals surface area (Å²) in [6.45, 7) is -1.26. The van der Waals surface area contributed by atoms with Crippen LogP contribution in [0.5, 0.6) is 0 Å². The third-order valence-electron chi connectivity index (χ3n) is 4.53. The number of nitrogens with zero attached hydrogens (tertiary/aromatic N) is 3. The number of carbonyl (C=O) groups is 1. The van der Waals surface area contributed by atoms with E-state index >= 15 is 0 Å². The van der Waals surface area contributed by atoms with Crippen LogP contribution in [-0.4, -0.2) is 40.1 Å². The van der Waals surface area contributed by atoms with Crippen molar-refractivity contribution in [2.75, 3.05) is 11.9 Å². The second-order valence-electron chi connectivity index (χ2n) is 6.84. The molecule has 3 N–H and O–H groups in total. The van der Waals surface area contributed by atoms with Gasteiger partial charge in [0.1, 0.15) is 22.9 Å². The summed E-state index contributed by atoms with van der Waals surface area (Å²) in [6, 6.07) is 3.46. The molecule has 7 nitrogen and oxygen atoms in total. The average molecular weight is 447 g/mol. The Morgan fingerprint density at radius 1 is 1.43 bits per heavy atom. The van der Waals surface area contributed by atoms with Gasteiger partial charge >= 0.3 is 6.18 Å². The van der Waals surface area contributed by atoms with Crippen LogP contribution in [0, 0.1) is 6.85 Å². The van der Waals surface area contributed by atoms with Gasteiger partial charge < -0.3 is 15.8 Å². The molecule has 0 saturated heterocycles. The molecule has 1 aliphatic rings. The highest BCUT2D eigenvalue weighted by Gasteiger charge is 2.59. The number of hydrogen-bond acceptors (Lipinski definition) is 6. The fourth-order valence-corrected chi connectivity index (χ4v) is 2.76. The Labute approximate surface area is 182 Å². The van der Waals surface area contributed by atoms with Crippen LogP contribution >= 0.6 is 11.6 Å². The van der Waals surface area contributed by atoms with E-state index in [-0.39, 0.29) is 11.5 Å². The number of carbonyl (C=O) groups excluding carboxylic acids is 1. The Morgan fingerprint density at radius 2 is 2.17 bits per heavy atom. The smallest absolute Gasteiger partial charge is 0.385 e. The molecule has 3 rings (SSSR count). The number of pyridine rings is 2. The lowest BCUT2D eigenvalue weighted by Crippen LogP contribution is -2.60. The van der Waals surface area contributed by atoms with Crippen molar-refractivity contribution in [1.82, 2.24) is 9.97 Å². The maximum Gasteiger partial charge on any atom is 0.424 e. The fraction of sp³-hybridized carbons (Fsp3) is 0.368. The van der Waals surface area contributed by atoms with Crippen molar-refractivity contribution in [1.29, 1.82) is 0 Å². The zero-order valence-corrected chi connectivity index (χ0v) is 16.4. The lowest BCUT2D eigenvalue weighted by molar-refractivity contribution is -0.249. The van der Waals surface area contributed by atoms with Crippen molar-refractivity contribution < 1.29 is 29.6 Å². The molecular formula is C19H19ClF3N5O2. The van der Waals surface area contributed by atoms with E-state index in [1.165, 1.54) is 25.1 Å². The summed E-state index contributed by atoms with van der Waals surface area (Å²) in [5.41, 5.74) is 0.0425. The standard InChI is InChI=1S/C19H19ClF3N5O2/c1-10-7-11(20)8-25-14(10)15(29)27-13-6-4-5-12(26-13)17(2)9-30-18(3,16(24)28-17)19(21,22)23/h4-8H,9H2,1-3H3,(H2,24,28)(H,26,27,29)/t17-,18+/m0/s1/i1D3,7D,8D. The fourth-order valence-electron chi connectivity index (χ4n) is 2.62. The Hall–Kier alpha value is -2.72. The summed E-state index contributed by atoms with van der Waals surface area (Å²) in [4.78, 5) is 24.6. The Bertz CT molecular complexity index is 1230. The first kappa shape index (κ1) is 16.0. The maximum absolute atomic E-state index is 13.4. The minimum atomic E-state index is -4.80. The molecule has 30 heavy (non-hydrogen) atoms. The van der Waals surface area contributed by atoms with Gasteiger partial charge in [0, 0.05) is 10.3 Å². The van der Waals surface area contributed by atoms with Crippen molar-refractivity contribution in [3.05, 3.63) is 52.4 Å². The second-order valence-corrected chi connectivity index (χ2v) is 7.22. The van der Waals surface area contributed by atoms with E-state index in [4.69, 9.17) is 28.9 Å². The molecular weight excluding hydrogens is 423 g/mol. The molecule has 0 aromatic carbocycles. The van der Waals surface area contributed by atoms with Crippen LogP contribution < -0.4 is 11.1 Å². The van der Waals surface area contributed by atoms with Crippen LogP contribution in [0.25, 0.3) is 0 Å². The number of ether oxygens (including phenoxy) is 1. The highest BCUT2D eigenvalue weighted by Crippen LogP contribution is 2.40. The largest absolute Gasteiger partial charge is 0.424 e. The van der Waals surface area contributed by atoms with E-state index in [1.54, 1.807) is 0 Å². The quantitative estimate of drug-likeness (QED) is 0.749. The van der Waals surface area contributed by atoms with Gasteiger partial charge in [-0.15, -0.1) is 0 Å². The number of alkyl halides is 3. The third-order valence-corrected chi connectivity index (χ3v) is 4.71. The number of aliphatic imine (C=N–C) groups is 1. The first-order valence-electron chi connectivity index (χ1n) is 10.9. The van der Waals surface area contributed by atoms with Crippen molar-refractivity contribution in [3.8, 4) is 0 Å². The van der Waals surface area contributed by atoms with E-state index in [9.17, 15) is 18.0 Å². The highest BCUT2D eigenvalue weighted by atomic mass is 35.5. The molecule has 2 aromatic rings. The van der Waals surface area contributed by atoms with Gasteiger partial charge in [-0.2, -0.15) is 13.2 Å². The molecule has 0 saturated carbocycles. The van der Waals surface area contributed by atoms with Gasteiger partial charge in [0.2, 0.25) is 5.60 Å². The van der Waals surface area contributed by atoms with Crippen molar-refractivity contribution in [2.45, 2.75) is 38.0 Å². The third kappa shape index (κ3) is 3.97. The van der Waals surface area contributed by atoms with Crippen LogP contribution in [0.15, 0.2) is 35.4 Å². The van der Waals surface area contributed by atoms with Crippen molar-refractivity contribution in [2.24, 2.45) is 10.7 Å². The number of halogens is 4. The summed E-state index contributed by atoms with van der Waals surface area (Å²) in [5, 5.41) is 1.79. The molecule has 0 spiro atoms. The van der Waals surface area contributed by atoms with Gasteiger partial charge in [-0.3, -0.25) is 9.79 Å². The summed E-state index contributed by atoms with van der Waals surface area (Å²) in [7, 11) is 0. The molecule has 160 valence electrons. The topological polar surface area (TPSA) is 102 Å². The average Bonchev–Trinajstić information content (AvgIpc) is 2.73. The normalized spacial score (nSPS) is 27.1. The minimum Gasteiger partial charge on any atom is -0.385 e. The second kappa shape index (κ2) is 7.51. The molecule has 11 heteroatoms. The van der Waals surface area contributed by atoms with E-state index in [0.29, 0.717) is 0 Å². The number of anilines is 1. The summed E-state index contributed by atoms with van der Waals surface area (Å²) in [5.74, 6) is -2.01. The monoisotopic (exact) mass is 446 g/mol. The number of rotatable bonds is 3. The van der Waals surface area contributed by atoms with Gasteiger partial charge in [0.15, 0.2) is 0 Å². The predicted molar refractivity (Wildman–Crippen MR) is 106 cm³/mol. The van der Waals surface area contributed by atoms with Gasteiger partial charge in [0.25, 0.3) is 5.91 Å². The lowest BCUT2D eigenvalue weighted by atomic mass is 9.93. The molecule has 3 heterocycles. The molecule has 0 bridgehead atoms. The SMILES string of the molecule is [2H]c1nc(C(=O)Nc2cccc([C@]3(C)CO[C@@](C)(C(F)(F)F)C(N)=N3)n2)c(C([2H])([2H])[2H])c([2H])c1Cl. The number of amides is 1. The van der Waals surface area contributed by atoms with Gasteiger partial charge in [-0.05, 0) is 44.4 Å². The molecule has 2 atom stereocenters. The van der Waals surface area contributed by atoms with Crippen LogP contribution in [0.3, 0.4) is 0 Å². The number of hydrogen-bond donors (Lipinski definition) is 2. The maximum atomic E-state index is 13.4. The van der Waals surface area contributed by atoms with Crippen LogP contribution in [0.2, 0.25) is 5.02 Å². The van der Waals surface area contributed by atoms with Gasteiger partial charge in [0.05, 0.1) is 20.1 Å². The van der Waals surface area contributed by atoms with Gasteiger partial charge in [-0.1, -0.05) is 17.7 Å². The summed E-state index contributed by atoms with van der Waals surface area (Å²) < 4.78 is 83.6. The van der Waals surface area contributed by atoms with Gasteiger partial charge in [-0.25, -0.2) is 9.97 Å². The van der Waals surface area contributed by atoms with E-state index < -0.39 is 71.0 Å². The van der Waals surface area contributed by atoms with Crippen LogP contribution in [-0.2, 0) is 10.3 Å². The first-order valence-corrected chi connectivity index (χ1v) is 8.81. The van der Waals surface area contributed by atoms with Crippen LogP contribution in [0.1, 0.15) is 42.4 Å². The first-order chi connectivity index (χ1) is 15.9. The van der Waals surface area contributed by atoms with E-state index in [0.717, 1.165) is 6.92 Å². The van der Waals surface area contributed by atoms with Crippen molar-refractivity contribution in [3.63, 3.8) is 0 Å². The molecule has 2 aromatic heterocycles. The van der Waals surface area contributed by atoms with E-state index in [1.807, 2.05) is 0 Å².